The van der Waals surface area contributed by atoms with Gasteiger partial charge in [0.15, 0.2) is 4.75 Å². The first kappa shape index (κ1) is 26.2. The molecule has 0 aliphatic carbocycles. The van der Waals surface area contributed by atoms with Crippen molar-refractivity contribution in [1.29, 1.82) is 0 Å². The Balaban J connectivity index is 1.71. The van der Waals surface area contributed by atoms with Gasteiger partial charge in [-0.05, 0) is 73.9 Å². The van der Waals surface area contributed by atoms with Crippen LogP contribution in [-0.2, 0) is 14.8 Å². The summed E-state index contributed by atoms with van der Waals surface area (Å²) in [4.78, 5) is 11.7. The predicted octanol–water partition coefficient (Wildman–Crippen LogP) is 2.17. The average molecular weight is 491 g/mol. The molecule has 1 aliphatic rings. The first-order valence-electron chi connectivity index (χ1n) is 11.4. The summed E-state index contributed by atoms with van der Waals surface area (Å²) in [5.41, 5.74) is 9.62. The lowest BCUT2D eigenvalue weighted by molar-refractivity contribution is -0.119. The lowest BCUT2D eigenvalue weighted by atomic mass is 9.87. The zero-order valence-electron chi connectivity index (χ0n) is 19.9. The Morgan fingerprint density at radius 2 is 1.88 bits per heavy atom. The van der Waals surface area contributed by atoms with Gasteiger partial charge in [0.25, 0.3) is 0 Å². The van der Waals surface area contributed by atoms with Gasteiger partial charge in [0, 0.05) is 13.1 Å². The van der Waals surface area contributed by atoms with E-state index in [1.165, 1.54) is 18.2 Å². The maximum atomic E-state index is 12.9. The number of sulfonamides is 1. The zero-order chi connectivity index (χ0) is 25.1. The fraction of sp³-hybridized carbons (Fsp3) is 0.480. The van der Waals surface area contributed by atoms with Gasteiger partial charge in [0.05, 0.1) is 6.61 Å². The van der Waals surface area contributed by atoms with Crippen LogP contribution in [0.1, 0.15) is 43.7 Å². The van der Waals surface area contributed by atoms with E-state index in [0.29, 0.717) is 31.7 Å². The Hall–Kier alpha value is -2.46. The molecule has 9 heteroatoms. The molecule has 1 heterocycles. The van der Waals surface area contributed by atoms with E-state index in [9.17, 15) is 18.3 Å². The quantitative estimate of drug-likeness (QED) is 0.494. The molecular formula is C25H34N2O6S. The van der Waals surface area contributed by atoms with E-state index in [-0.39, 0.29) is 19.1 Å². The summed E-state index contributed by atoms with van der Waals surface area (Å²) in [6.07, 6.45) is 0.417. The number of nitrogens with two attached hydrogens (primary N) is 1. The van der Waals surface area contributed by atoms with Crippen LogP contribution in [0.2, 0.25) is 0 Å². The summed E-state index contributed by atoms with van der Waals surface area (Å²) in [5, 5.41) is 18.4. The second-order valence-corrected chi connectivity index (χ2v) is 11.8. The van der Waals surface area contributed by atoms with Gasteiger partial charge >= 0.3 is 0 Å². The van der Waals surface area contributed by atoms with Crippen molar-refractivity contribution in [1.82, 2.24) is 4.31 Å². The number of nitrogens with zero attached hydrogens (tertiary/aromatic N) is 1. The van der Waals surface area contributed by atoms with Crippen molar-refractivity contribution >= 4 is 15.9 Å². The molecule has 1 saturated heterocycles. The predicted molar refractivity (Wildman–Crippen MR) is 131 cm³/mol. The van der Waals surface area contributed by atoms with Crippen molar-refractivity contribution in [3.8, 4) is 16.9 Å². The van der Waals surface area contributed by atoms with Gasteiger partial charge in [-0.1, -0.05) is 30.3 Å². The Morgan fingerprint density at radius 3 is 2.47 bits per heavy atom. The molecule has 1 aliphatic heterocycles. The number of ether oxygens (including phenoxy) is 1. The summed E-state index contributed by atoms with van der Waals surface area (Å²) < 4.78 is 31.0. The van der Waals surface area contributed by atoms with Crippen LogP contribution in [0.3, 0.4) is 0 Å². The molecule has 0 bridgehead atoms. The second kappa shape index (κ2) is 10.4. The third-order valence-electron chi connectivity index (χ3n) is 6.55. The molecule has 3 rings (SSSR count). The monoisotopic (exact) mass is 490 g/mol. The molecule has 0 aromatic heterocycles. The molecule has 186 valence electrons. The number of aliphatic hydroxyl groups excluding tert-OH is 2. The molecule has 1 atom stereocenters. The van der Waals surface area contributed by atoms with Crippen molar-refractivity contribution in [2.24, 2.45) is 5.73 Å². The van der Waals surface area contributed by atoms with Crippen LogP contribution in [0.15, 0.2) is 42.5 Å². The molecule has 0 radical (unpaired) electrons. The fourth-order valence-electron chi connectivity index (χ4n) is 4.14. The van der Waals surface area contributed by atoms with Gasteiger partial charge in [0.2, 0.25) is 15.9 Å². The number of hydrogen-bond donors (Lipinski definition) is 3. The Kier molecular flexibility index (Phi) is 8.02. The van der Waals surface area contributed by atoms with Crippen molar-refractivity contribution in [2.75, 3.05) is 26.3 Å². The van der Waals surface area contributed by atoms with E-state index in [2.05, 4.69) is 18.2 Å². The minimum atomic E-state index is -3.82. The lowest BCUT2D eigenvalue weighted by Crippen LogP contribution is -2.53. The van der Waals surface area contributed by atoms with Crippen LogP contribution in [0.4, 0.5) is 0 Å². The molecule has 0 spiro atoms. The minimum absolute atomic E-state index is 0.0168. The van der Waals surface area contributed by atoms with Crippen LogP contribution >= 0.6 is 0 Å². The van der Waals surface area contributed by atoms with Crippen LogP contribution in [0.5, 0.6) is 5.75 Å². The maximum Gasteiger partial charge on any atom is 0.239 e. The van der Waals surface area contributed by atoms with Gasteiger partial charge in [-0.2, -0.15) is 0 Å². The summed E-state index contributed by atoms with van der Waals surface area (Å²) in [6.45, 7) is 5.11. The number of hydrogen-bond acceptors (Lipinski definition) is 6. The van der Waals surface area contributed by atoms with Gasteiger partial charge < -0.3 is 20.7 Å². The highest BCUT2D eigenvalue weighted by Crippen LogP contribution is 2.35. The largest absolute Gasteiger partial charge is 0.491 e. The van der Waals surface area contributed by atoms with Crippen molar-refractivity contribution in [3.63, 3.8) is 0 Å². The highest BCUT2D eigenvalue weighted by molar-refractivity contribution is 7.91. The number of carbonyl (C=O) groups is 1. The number of piperidine rings is 1. The lowest BCUT2D eigenvalue weighted by Gasteiger charge is -2.35. The van der Waals surface area contributed by atoms with Crippen LogP contribution in [-0.4, -0.2) is 66.0 Å². The fourth-order valence-corrected chi connectivity index (χ4v) is 5.73. The number of rotatable bonds is 9. The molecule has 0 unspecified atom stereocenters. The van der Waals surface area contributed by atoms with E-state index in [0.717, 1.165) is 22.3 Å². The number of primary amides is 1. The maximum absolute atomic E-state index is 12.9. The standard InChI is InChI=1S/C25H34N2O6S/c1-17-13-19(18-9-11-27(12-10-18)34(31,32)25(2,3)24(26)30)7-8-23(17)20-5-4-6-22(14-20)33-16-21(29)15-28/h4-8,13-14,18,21,28-29H,9-12,15-16H2,1-3H3,(H2,26,30)/t21-/m0/s1. The van der Waals surface area contributed by atoms with Gasteiger partial charge in [0.1, 0.15) is 18.5 Å². The Bertz CT molecular complexity index is 1120. The average Bonchev–Trinajstić information content (AvgIpc) is 2.82. The van der Waals surface area contributed by atoms with E-state index < -0.39 is 26.8 Å². The van der Waals surface area contributed by atoms with Gasteiger partial charge in [-0.3, -0.25) is 4.79 Å². The SMILES string of the molecule is Cc1cc(C2CCN(S(=O)(=O)C(C)(C)C(N)=O)CC2)ccc1-c1cccc(OC[C@@H](O)CO)c1. The molecule has 2 aromatic rings. The number of aliphatic hydroxyl groups is 2. The summed E-state index contributed by atoms with van der Waals surface area (Å²) in [6, 6.07) is 13.8. The number of aryl methyl sites for hydroxylation is 1. The first-order valence-corrected chi connectivity index (χ1v) is 12.8. The minimum Gasteiger partial charge on any atom is -0.491 e. The number of amides is 1. The third kappa shape index (κ3) is 5.43. The molecular weight excluding hydrogens is 456 g/mol. The molecule has 0 saturated carbocycles. The first-order chi connectivity index (χ1) is 16.0. The van der Waals surface area contributed by atoms with Crippen molar-refractivity contribution in [3.05, 3.63) is 53.6 Å². The van der Waals surface area contributed by atoms with Crippen LogP contribution in [0.25, 0.3) is 11.1 Å². The Morgan fingerprint density at radius 1 is 1.21 bits per heavy atom. The van der Waals surface area contributed by atoms with Crippen LogP contribution in [0, 0.1) is 6.92 Å². The Labute approximate surface area is 201 Å². The molecule has 34 heavy (non-hydrogen) atoms. The number of benzene rings is 2. The molecule has 1 amide bonds. The van der Waals surface area contributed by atoms with Crippen molar-refractivity contribution < 1.29 is 28.2 Å². The highest BCUT2D eigenvalue weighted by Gasteiger charge is 2.45. The molecule has 1 fully saturated rings. The van der Waals surface area contributed by atoms with Gasteiger partial charge in [-0.15, -0.1) is 0 Å². The molecule has 4 N–H and O–H groups in total. The summed E-state index contributed by atoms with van der Waals surface area (Å²) in [5.74, 6) is -0.00801. The summed E-state index contributed by atoms with van der Waals surface area (Å²) >= 11 is 0. The number of carbonyl (C=O) groups excluding carboxylic acids is 1. The zero-order valence-corrected chi connectivity index (χ0v) is 20.7. The highest BCUT2D eigenvalue weighted by atomic mass is 32.2. The topological polar surface area (TPSA) is 130 Å². The van der Waals surface area contributed by atoms with E-state index in [1.54, 1.807) is 6.07 Å². The third-order valence-corrected chi connectivity index (χ3v) is 9.09. The molecule has 8 nitrogen and oxygen atoms in total. The van der Waals surface area contributed by atoms with Crippen molar-refractivity contribution in [2.45, 2.75) is 50.4 Å². The second-order valence-electron chi connectivity index (χ2n) is 9.30. The summed E-state index contributed by atoms with van der Waals surface area (Å²) in [7, 11) is -3.82. The van der Waals surface area contributed by atoms with Crippen LogP contribution < -0.4 is 10.5 Å². The van der Waals surface area contributed by atoms with E-state index in [1.807, 2.05) is 25.1 Å². The van der Waals surface area contributed by atoms with E-state index >= 15 is 0 Å². The van der Waals surface area contributed by atoms with E-state index in [4.69, 9.17) is 15.6 Å². The molecule has 2 aromatic carbocycles. The normalized spacial score (nSPS) is 16.9. The smallest absolute Gasteiger partial charge is 0.239 e. The van der Waals surface area contributed by atoms with Gasteiger partial charge in [-0.25, -0.2) is 12.7 Å².